The van der Waals surface area contributed by atoms with Crippen LogP contribution in [-0.4, -0.2) is 37.2 Å². The summed E-state index contributed by atoms with van der Waals surface area (Å²) in [5.41, 5.74) is 0. The minimum absolute atomic E-state index is 0.0618. The number of rotatable bonds is 48. The van der Waals surface area contributed by atoms with E-state index in [1.807, 2.05) is 0 Å². The Morgan fingerprint density at radius 2 is 0.466 bits per heavy atom. The van der Waals surface area contributed by atoms with E-state index in [-0.39, 0.29) is 31.1 Å². The van der Waals surface area contributed by atoms with Gasteiger partial charge < -0.3 is 14.2 Å². The number of unbranched alkanes of at least 4 members (excludes halogenated alkanes) is 37. The van der Waals surface area contributed by atoms with Crippen LogP contribution in [0.15, 0.2) is 0 Å². The smallest absolute Gasteiger partial charge is 0.306 e. The summed E-state index contributed by atoms with van der Waals surface area (Å²) in [5.74, 6) is -0.842. The van der Waals surface area contributed by atoms with Gasteiger partial charge in [0.1, 0.15) is 13.2 Å². The van der Waals surface area contributed by atoms with Gasteiger partial charge in [-0.05, 0) is 19.3 Å². The number of carbonyl (C=O) groups is 3. The van der Waals surface area contributed by atoms with Gasteiger partial charge in [-0.3, -0.25) is 14.4 Å². The predicted octanol–water partition coefficient (Wildman–Crippen LogP) is 16.8. The molecule has 0 aliphatic rings. The van der Waals surface area contributed by atoms with E-state index in [2.05, 4.69) is 20.8 Å². The zero-order valence-corrected chi connectivity index (χ0v) is 39.3. The molecule has 0 radical (unpaired) electrons. The van der Waals surface area contributed by atoms with Crippen LogP contribution in [0.3, 0.4) is 0 Å². The number of carbonyl (C=O) groups excluding carboxylic acids is 3. The molecule has 0 amide bonds. The maximum Gasteiger partial charge on any atom is 0.306 e. The average Bonchev–Trinajstić information content (AvgIpc) is 3.22. The molecule has 344 valence electrons. The van der Waals surface area contributed by atoms with Gasteiger partial charge in [0, 0.05) is 19.3 Å². The Hall–Kier alpha value is -1.59. The van der Waals surface area contributed by atoms with E-state index in [0.29, 0.717) is 19.3 Å². The van der Waals surface area contributed by atoms with Crippen molar-refractivity contribution in [3.8, 4) is 0 Å². The van der Waals surface area contributed by atoms with Crippen molar-refractivity contribution in [1.29, 1.82) is 0 Å². The lowest BCUT2D eigenvalue weighted by Gasteiger charge is -2.18. The maximum absolute atomic E-state index is 12.8. The highest BCUT2D eigenvalue weighted by Gasteiger charge is 2.19. The van der Waals surface area contributed by atoms with Gasteiger partial charge in [-0.15, -0.1) is 0 Å². The van der Waals surface area contributed by atoms with E-state index in [1.54, 1.807) is 0 Å². The monoisotopic (exact) mass is 821 g/mol. The molecule has 0 fully saturated rings. The Bertz CT molecular complexity index is 859. The van der Waals surface area contributed by atoms with Crippen LogP contribution in [0.2, 0.25) is 0 Å². The Labute approximate surface area is 361 Å². The van der Waals surface area contributed by atoms with Crippen LogP contribution in [0.25, 0.3) is 0 Å². The lowest BCUT2D eigenvalue weighted by Crippen LogP contribution is -2.30. The standard InChI is InChI=1S/C52H100O6/c1-4-7-10-13-16-19-22-24-25-26-27-29-30-33-36-39-42-45-51(54)57-48-49(47-56-50(53)44-41-38-35-32-21-18-15-12-9-6-3)58-52(55)46-43-40-37-34-31-28-23-20-17-14-11-8-5-2/h49H,4-48H2,1-3H3. The third-order valence-electron chi connectivity index (χ3n) is 11.9. The molecule has 0 saturated carbocycles. The first-order chi connectivity index (χ1) is 28.5. The molecular weight excluding hydrogens is 721 g/mol. The number of ether oxygens (including phenoxy) is 3. The van der Waals surface area contributed by atoms with Gasteiger partial charge in [0.2, 0.25) is 0 Å². The molecule has 0 bridgehead atoms. The molecule has 0 heterocycles. The quantitative estimate of drug-likeness (QED) is 0.0346. The fourth-order valence-electron chi connectivity index (χ4n) is 7.92. The molecule has 6 nitrogen and oxygen atoms in total. The Kier molecular flexibility index (Phi) is 46.8. The van der Waals surface area contributed by atoms with E-state index in [1.165, 1.54) is 199 Å². The van der Waals surface area contributed by atoms with Gasteiger partial charge in [-0.1, -0.05) is 258 Å². The Balaban J connectivity index is 4.26. The van der Waals surface area contributed by atoms with E-state index >= 15 is 0 Å². The van der Waals surface area contributed by atoms with Crippen molar-refractivity contribution in [2.75, 3.05) is 13.2 Å². The van der Waals surface area contributed by atoms with E-state index in [0.717, 1.165) is 57.8 Å². The molecule has 0 aromatic heterocycles. The number of hydrogen-bond acceptors (Lipinski definition) is 6. The molecular formula is C52H100O6. The van der Waals surface area contributed by atoms with Crippen molar-refractivity contribution < 1.29 is 28.6 Å². The molecule has 1 atom stereocenters. The number of hydrogen-bond donors (Lipinski definition) is 0. The van der Waals surface area contributed by atoms with Crippen LogP contribution in [0.5, 0.6) is 0 Å². The summed E-state index contributed by atoms with van der Waals surface area (Å²) >= 11 is 0. The lowest BCUT2D eigenvalue weighted by atomic mass is 10.0. The second-order valence-corrected chi connectivity index (χ2v) is 17.8. The molecule has 0 aromatic rings. The van der Waals surface area contributed by atoms with Crippen LogP contribution < -0.4 is 0 Å². The summed E-state index contributed by atoms with van der Waals surface area (Å²) < 4.78 is 16.8. The van der Waals surface area contributed by atoms with Gasteiger partial charge in [0.05, 0.1) is 0 Å². The van der Waals surface area contributed by atoms with Crippen molar-refractivity contribution in [1.82, 2.24) is 0 Å². The lowest BCUT2D eigenvalue weighted by molar-refractivity contribution is -0.167. The summed E-state index contributed by atoms with van der Waals surface area (Å²) in [6.07, 6.45) is 50.8. The van der Waals surface area contributed by atoms with Gasteiger partial charge >= 0.3 is 17.9 Å². The second kappa shape index (κ2) is 48.1. The highest BCUT2D eigenvalue weighted by atomic mass is 16.6. The van der Waals surface area contributed by atoms with Crippen LogP contribution >= 0.6 is 0 Å². The van der Waals surface area contributed by atoms with Crippen molar-refractivity contribution in [2.24, 2.45) is 0 Å². The van der Waals surface area contributed by atoms with Crippen LogP contribution in [0, 0.1) is 0 Å². The van der Waals surface area contributed by atoms with Crippen LogP contribution in [0.4, 0.5) is 0 Å². The molecule has 0 saturated heterocycles. The minimum Gasteiger partial charge on any atom is -0.462 e. The van der Waals surface area contributed by atoms with Crippen LogP contribution in [0.1, 0.15) is 297 Å². The minimum atomic E-state index is -0.759. The normalized spacial score (nSPS) is 11.8. The average molecular weight is 821 g/mol. The first-order valence-corrected chi connectivity index (χ1v) is 26.0. The zero-order valence-electron chi connectivity index (χ0n) is 39.3. The second-order valence-electron chi connectivity index (χ2n) is 17.8. The largest absolute Gasteiger partial charge is 0.462 e. The fourth-order valence-corrected chi connectivity index (χ4v) is 7.92. The first kappa shape index (κ1) is 56.4. The molecule has 0 N–H and O–H groups in total. The molecule has 1 unspecified atom stereocenters. The van der Waals surface area contributed by atoms with Crippen molar-refractivity contribution in [2.45, 2.75) is 303 Å². The van der Waals surface area contributed by atoms with Gasteiger partial charge in [-0.25, -0.2) is 0 Å². The van der Waals surface area contributed by atoms with Gasteiger partial charge in [0.15, 0.2) is 6.10 Å². The third kappa shape index (κ3) is 45.5. The summed E-state index contributed by atoms with van der Waals surface area (Å²) in [5, 5.41) is 0. The first-order valence-electron chi connectivity index (χ1n) is 26.0. The summed E-state index contributed by atoms with van der Waals surface area (Å²) in [6.45, 7) is 6.67. The van der Waals surface area contributed by atoms with Crippen LogP contribution in [-0.2, 0) is 28.6 Å². The summed E-state index contributed by atoms with van der Waals surface area (Å²) in [7, 11) is 0. The SMILES string of the molecule is CCCCCCCCCCCCCCCCCCCC(=O)OCC(COC(=O)CCCCCCCCCCCC)OC(=O)CCCCCCCCCCCCCCC. The molecule has 58 heavy (non-hydrogen) atoms. The van der Waals surface area contributed by atoms with Crippen molar-refractivity contribution in [3.05, 3.63) is 0 Å². The Morgan fingerprint density at radius 1 is 0.276 bits per heavy atom. The molecule has 0 aliphatic heterocycles. The van der Waals surface area contributed by atoms with Crippen molar-refractivity contribution >= 4 is 17.9 Å². The fraction of sp³-hybridized carbons (Fsp3) is 0.942. The van der Waals surface area contributed by atoms with E-state index < -0.39 is 6.10 Å². The third-order valence-corrected chi connectivity index (χ3v) is 11.9. The molecule has 0 aliphatic carbocycles. The summed E-state index contributed by atoms with van der Waals surface area (Å²) in [4.78, 5) is 37.9. The van der Waals surface area contributed by atoms with Gasteiger partial charge in [0.25, 0.3) is 0 Å². The zero-order chi connectivity index (χ0) is 42.3. The molecule has 6 heteroatoms. The molecule has 0 spiro atoms. The van der Waals surface area contributed by atoms with Crippen molar-refractivity contribution in [3.63, 3.8) is 0 Å². The summed E-state index contributed by atoms with van der Waals surface area (Å²) in [6, 6.07) is 0. The maximum atomic E-state index is 12.8. The topological polar surface area (TPSA) is 78.9 Å². The van der Waals surface area contributed by atoms with E-state index in [4.69, 9.17) is 14.2 Å². The molecule has 0 rings (SSSR count). The van der Waals surface area contributed by atoms with Gasteiger partial charge in [-0.2, -0.15) is 0 Å². The Morgan fingerprint density at radius 3 is 0.690 bits per heavy atom. The highest BCUT2D eigenvalue weighted by Crippen LogP contribution is 2.17. The number of esters is 3. The highest BCUT2D eigenvalue weighted by molar-refractivity contribution is 5.71. The predicted molar refractivity (Wildman–Crippen MR) is 247 cm³/mol. The van der Waals surface area contributed by atoms with E-state index in [9.17, 15) is 14.4 Å². The molecule has 0 aromatic carbocycles.